The van der Waals surface area contributed by atoms with Crippen LogP contribution in [0.5, 0.6) is 0 Å². The monoisotopic (exact) mass is 369 g/mol. The van der Waals surface area contributed by atoms with E-state index in [4.69, 9.17) is 0 Å². The molecule has 134 valence electrons. The van der Waals surface area contributed by atoms with E-state index in [-0.39, 0.29) is 24.9 Å². The number of hydrogen-bond acceptors (Lipinski definition) is 4. The molecule has 1 aliphatic heterocycles. The number of imide groups is 1. The summed E-state index contributed by atoms with van der Waals surface area (Å²) in [7, 11) is 0. The minimum Gasteiger partial charge on any atom is -0.351 e. The predicted molar refractivity (Wildman–Crippen MR) is 99.9 cm³/mol. The van der Waals surface area contributed by atoms with Crippen molar-refractivity contribution in [2.24, 2.45) is 0 Å². The van der Waals surface area contributed by atoms with Gasteiger partial charge in [-0.25, -0.2) is 4.79 Å². The van der Waals surface area contributed by atoms with E-state index in [1.165, 1.54) is 0 Å². The highest BCUT2D eigenvalue weighted by molar-refractivity contribution is 7.99. The number of nitrogens with zero attached hydrogens (tertiary/aromatic N) is 1. The van der Waals surface area contributed by atoms with Gasteiger partial charge in [0.1, 0.15) is 0 Å². The molecule has 0 saturated carbocycles. The fraction of sp³-hybridized carbons (Fsp3) is 0.211. The van der Waals surface area contributed by atoms with Crippen LogP contribution in [0.2, 0.25) is 0 Å². The Kier molecular flexibility index (Phi) is 5.91. The molecular weight excluding hydrogens is 350 g/mol. The van der Waals surface area contributed by atoms with Gasteiger partial charge in [-0.05, 0) is 23.8 Å². The minimum atomic E-state index is -0.426. The zero-order valence-corrected chi connectivity index (χ0v) is 14.9. The molecule has 1 fully saturated rings. The van der Waals surface area contributed by atoms with Crippen molar-refractivity contribution in [1.29, 1.82) is 0 Å². The van der Waals surface area contributed by atoms with Gasteiger partial charge in [-0.2, -0.15) is 0 Å². The first-order chi connectivity index (χ1) is 12.6. The Hall–Kier alpha value is -2.80. The van der Waals surface area contributed by atoms with Crippen molar-refractivity contribution in [1.82, 2.24) is 15.5 Å². The number of amides is 4. The Balaban J connectivity index is 1.57. The summed E-state index contributed by atoms with van der Waals surface area (Å²) in [5, 5.41) is 5.37. The maximum Gasteiger partial charge on any atom is 0.324 e. The number of nitrogens with one attached hydrogen (secondary N) is 2. The summed E-state index contributed by atoms with van der Waals surface area (Å²) in [6.45, 7) is 0.618. The molecule has 2 aromatic carbocycles. The van der Waals surface area contributed by atoms with Crippen molar-refractivity contribution in [3.05, 3.63) is 65.7 Å². The van der Waals surface area contributed by atoms with Crippen LogP contribution in [0.4, 0.5) is 4.79 Å². The molecule has 26 heavy (non-hydrogen) atoms. The Labute approximate surface area is 156 Å². The van der Waals surface area contributed by atoms with E-state index < -0.39 is 6.03 Å². The molecule has 2 N–H and O–H groups in total. The summed E-state index contributed by atoms with van der Waals surface area (Å²) in [5.74, 6) is 0.260. The van der Waals surface area contributed by atoms with E-state index in [2.05, 4.69) is 10.6 Å². The van der Waals surface area contributed by atoms with E-state index in [0.717, 1.165) is 15.5 Å². The van der Waals surface area contributed by atoms with Crippen LogP contribution in [-0.2, 0) is 11.3 Å². The van der Waals surface area contributed by atoms with Crippen LogP contribution >= 0.6 is 11.8 Å². The molecule has 0 unspecified atom stereocenters. The first kappa shape index (κ1) is 18.0. The molecule has 0 atom stereocenters. The average Bonchev–Trinajstić information content (AvgIpc) is 2.98. The molecule has 0 aliphatic carbocycles. The summed E-state index contributed by atoms with van der Waals surface area (Å²) < 4.78 is 0. The van der Waals surface area contributed by atoms with Crippen LogP contribution in [0, 0.1) is 0 Å². The summed E-state index contributed by atoms with van der Waals surface area (Å²) in [6, 6.07) is 16.6. The zero-order chi connectivity index (χ0) is 18.4. The van der Waals surface area contributed by atoms with E-state index in [1.807, 2.05) is 30.3 Å². The lowest BCUT2D eigenvalue weighted by Gasteiger charge is -2.15. The van der Waals surface area contributed by atoms with E-state index in [9.17, 15) is 14.4 Å². The maximum absolute atomic E-state index is 12.5. The Morgan fingerprint density at radius 2 is 1.81 bits per heavy atom. The third-order valence-corrected chi connectivity index (χ3v) is 4.94. The largest absolute Gasteiger partial charge is 0.351 e. The van der Waals surface area contributed by atoms with Crippen molar-refractivity contribution >= 4 is 29.6 Å². The molecular formula is C19H19N3O3S. The summed E-state index contributed by atoms with van der Waals surface area (Å²) >= 11 is 1.67. The Morgan fingerprint density at radius 3 is 2.54 bits per heavy atom. The van der Waals surface area contributed by atoms with Gasteiger partial charge in [-0.1, -0.05) is 36.4 Å². The van der Waals surface area contributed by atoms with Crippen molar-refractivity contribution in [3.63, 3.8) is 0 Å². The molecule has 0 aromatic heterocycles. The normalized spacial score (nSPS) is 13.6. The van der Waals surface area contributed by atoms with Gasteiger partial charge in [-0.3, -0.25) is 14.5 Å². The van der Waals surface area contributed by atoms with Gasteiger partial charge in [-0.15, -0.1) is 11.8 Å². The Bertz CT molecular complexity index is 795. The fourth-order valence-corrected chi connectivity index (χ4v) is 3.40. The molecule has 1 saturated heterocycles. The average molecular weight is 369 g/mol. The van der Waals surface area contributed by atoms with Gasteiger partial charge in [0.25, 0.3) is 5.91 Å². The minimum absolute atomic E-state index is 0.00387. The first-order valence-electron chi connectivity index (χ1n) is 8.27. The zero-order valence-electron chi connectivity index (χ0n) is 14.1. The predicted octanol–water partition coefficient (Wildman–Crippen LogP) is 2.26. The second-order valence-electron chi connectivity index (χ2n) is 5.71. The van der Waals surface area contributed by atoms with Crippen molar-refractivity contribution in [3.8, 4) is 0 Å². The summed E-state index contributed by atoms with van der Waals surface area (Å²) in [5.41, 5.74) is 1.12. The molecule has 1 heterocycles. The molecule has 2 aromatic rings. The van der Waals surface area contributed by atoms with Crippen LogP contribution in [-0.4, -0.2) is 41.6 Å². The number of carbonyl (C=O) groups is 3. The van der Waals surface area contributed by atoms with Crippen LogP contribution in [0.1, 0.15) is 15.9 Å². The second-order valence-corrected chi connectivity index (χ2v) is 6.88. The van der Waals surface area contributed by atoms with Crippen LogP contribution < -0.4 is 10.6 Å². The lowest BCUT2D eigenvalue weighted by Crippen LogP contribution is -2.32. The lowest BCUT2D eigenvalue weighted by atomic mass is 10.1. The second kappa shape index (κ2) is 8.53. The van der Waals surface area contributed by atoms with Gasteiger partial charge < -0.3 is 10.6 Å². The lowest BCUT2D eigenvalue weighted by molar-refractivity contribution is -0.125. The quantitative estimate of drug-likeness (QED) is 0.446. The fourth-order valence-electron chi connectivity index (χ4n) is 2.61. The smallest absolute Gasteiger partial charge is 0.324 e. The topological polar surface area (TPSA) is 78.5 Å². The van der Waals surface area contributed by atoms with Gasteiger partial charge in [0, 0.05) is 22.8 Å². The molecule has 0 bridgehead atoms. The number of benzene rings is 2. The van der Waals surface area contributed by atoms with Crippen LogP contribution in [0.15, 0.2) is 59.5 Å². The van der Waals surface area contributed by atoms with E-state index >= 15 is 0 Å². The number of urea groups is 1. The standard InChI is InChI=1S/C19H19N3O3S/c23-17-12-21-19(25)22(17)13-14-6-4-5-9-16(14)18(24)20-10-11-26-15-7-2-1-3-8-15/h1-9H,10-13H2,(H,20,24)(H,21,25). The molecule has 3 rings (SSSR count). The Morgan fingerprint density at radius 1 is 1.08 bits per heavy atom. The van der Waals surface area contributed by atoms with Gasteiger partial charge in [0.15, 0.2) is 0 Å². The number of thioether (sulfide) groups is 1. The van der Waals surface area contributed by atoms with Crippen molar-refractivity contribution in [2.45, 2.75) is 11.4 Å². The van der Waals surface area contributed by atoms with Gasteiger partial charge >= 0.3 is 6.03 Å². The highest BCUT2D eigenvalue weighted by atomic mass is 32.2. The number of rotatable bonds is 7. The molecule has 0 radical (unpaired) electrons. The van der Waals surface area contributed by atoms with Gasteiger partial charge in [0.2, 0.25) is 5.91 Å². The summed E-state index contributed by atoms with van der Waals surface area (Å²) in [4.78, 5) is 38.2. The summed E-state index contributed by atoms with van der Waals surface area (Å²) in [6.07, 6.45) is 0. The number of hydrogen-bond donors (Lipinski definition) is 2. The number of carbonyl (C=O) groups excluding carboxylic acids is 3. The molecule has 7 heteroatoms. The van der Waals surface area contributed by atoms with Crippen LogP contribution in [0.3, 0.4) is 0 Å². The van der Waals surface area contributed by atoms with Crippen LogP contribution in [0.25, 0.3) is 0 Å². The first-order valence-corrected chi connectivity index (χ1v) is 9.26. The van der Waals surface area contributed by atoms with Crippen molar-refractivity contribution < 1.29 is 14.4 Å². The SMILES string of the molecule is O=C(NCCSc1ccccc1)c1ccccc1CN1C(=O)CNC1=O. The maximum atomic E-state index is 12.5. The van der Waals surface area contributed by atoms with Gasteiger partial charge in [0.05, 0.1) is 13.1 Å². The van der Waals surface area contributed by atoms with E-state index in [1.54, 1.807) is 36.0 Å². The molecule has 6 nitrogen and oxygen atoms in total. The highest BCUT2D eigenvalue weighted by Gasteiger charge is 2.29. The van der Waals surface area contributed by atoms with E-state index in [0.29, 0.717) is 17.7 Å². The third-order valence-electron chi connectivity index (χ3n) is 3.93. The highest BCUT2D eigenvalue weighted by Crippen LogP contribution is 2.17. The van der Waals surface area contributed by atoms with Crippen molar-refractivity contribution in [2.75, 3.05) is 18.8 Å². The third kappa shape index (κ3) is 4.43. The molecule has 0 spiro atoms. The molecule has 1 aliphatic rings. The molecule has 4 amide bonds.